The highest BCUT2D eigenvalue weighted by Gasteiger charge is 2.40. The molecule has 0 spiro atoms. The van der Waals surface area contributed by atoms with Gasteiger partial charge in [-0.1, -0.05) is 12.1 Å². The van der Waals surface area contributed by atoms with E-state index in [1.54, 1.807) is 6.07 Å². The van der Waals surface area contributed by atoms with Crippen LogP contribution in [0.1, 0.15) is 23.6 Å². The molecule has 0 aromatic heterocycles. The van der Waals surface area contributed by atoms with Gasteiger partial charge in [0, 0.05) is 30.7 Å². The molecule has 2 N–H and O–H groups in total. The van der Waals surface area contributed by atoms with Crippen molar-refractivity contribution in [2.45, 2.75) is 25.0 Å². The molecule has 19 heavy (non-hydrogen) atoms. The molecule has 1 saturated heterocycles. The maximum atomic E-state index is 13.8. The molecule has 3 rings (SSSR count). The van der Waals surface area contributed by atoms with Crippen LogP contribution in [-0.2, 0) is 16.4 Å². The number of nitrogens with zero attached hydrogens (tertiary/aromatic N) is 1. The number of sulfone groups is 1. The van der Waals surface area contributed by atoms with Crippen LogP contribution < -0.4 is 5.73 Å². The molecule has 2 aliphatic heterocycles. The molecule has 1 aromatic carbocycles. The third kappa shape index (κ3) is 2.17. The van der Waals surface area contributed by atoms with Crippen molar-refractivity contribution in [3.63, 3.8) is 0 Å². The Morgan fingerprint density at radius 3 is 2.84 bits per heavy atom. The van der Waals surface area contributed by atoms with E-state index in [0.29, 0.717) is 25.1 Å². The zero-order valence-corrected chi connectivity index (χ0v) is 11.4. The lowest BCUT2D eigenvalue weighted by Gasteiger charge is -2.29. The van der Waals surface area contributed by atoms with Crippen LogP contribution >= 0.6 is 0 Å². The SMILES string of the molecule is NCC1c2cccc(F)c2CN1C1CCS(=O)(=O)C1. The van der Waals surface area contributed by atoms with Crippen molar-refractivity contribution >= 4 is 9.84 Å². The zero-order chi connectivity index (χ0) is 13.6. The minimum atomic E-state index is -2.94. The molecule has 0 amide bonds. The highest BCUT2D eigenvalue weighted by Crippen LogP contribution is 2.38. The van der Waals surface area contributed by atoms with Crippen molar-refractivity contribution in [1.29, 1.82) is 0 Å². The summed E-state index contributed by atoms with van der Waals surface area (Å²) in [5.74, 6) is 0.169. The zero-order valence-electron chi connectivity index (χ0n) is 10.5. The van der Waals surface area contributed by atoms with Crippen LogP contribution in [-0.4, -0.2) is 37.4 Å². The van der Waals surface area contributed by atoms with Crippen molar-refractivity contribution in [3.8, 4) is 0 Å². The lowest BCUT2D eigenvalue weighted by Crippen LogP contribution is -2.37. The van der Waals surface area contributed by atoms with Gasteiger partial charge in [-0.3, -0.25) is 4.90 Å². The second kappa shape index (κ2) is 4.54. The summed E-state index contributed by atoms with van der Waals surface area (Å²) in [6.07, 6.45) is 0.619. The average molecular weight is 284 g/mol. The van der Waals surface area contributed by atoms with Gasteiger partial charge in [0.2, 0.25) is 0 Å². The van der Waals surface area contributed by atoms with Gasteiger partial charge in [-0.15, -0.1) is 0 Å². The third-order valence-corrected chi connectivity index (χ3v) is 5.91. The Labute approximate surface area is 112 Å². The average Bonchev–Trinajstić information content (AvgIpc) is 2.90. The molecule has 1 fully saturated rings. The number of rotatable bonds is 2. The molecule has 0 bridgehead atoms. The molecule has 2 aliphatic rings. The van der Waals surface area contributed by atoms with Gasteiger partial charge in [-0.05, 0) is 18.1 Å². The molecule has 1 aromatic rings. The van der Waals surface area contributed by atoms with Gasteiger partial charge in [-0.2, -0.15) is 0 Å². The molecule has 0 saturated carbocycles. The summed E-state index contributed by atoms with van der Waals surface area (Å²) in [4.78, 5) is 2.05. The Balaban J connectivity index is 1.92. The van der Waals surface area contributed by atoms with E-state index >= 15 is 0 Å². The van der Waals surface area contributed by atoms with Crippen LogP contribution in [0, 0.1) is 5.82 Å². The highest BCUT2D eigenvalue weighted by molar-refractivity contribution is 7.91. The van der Waals surface area contributed by atoms with E-state index in [1.165, 1.54) is 6.07 Å². The molecular formula is C13H17FN2O2S. The smallest absolute Gasteiger partial charge is 0.151 e. The van der Waals surface area contributed by atoms with Gasteiger partial charge in [-0.25, -0.2) is 12.8 Å². The highest BCUT2D eigenvalue weighted by atomic mass is 32.2. The summed E-state index contributed by atoms with van der Waals surface area (Å²) in [6, 6.07) is 4.92. The second-order valence-corrected chi connectivity index (χ2v) is 7.52. The lowest BCUT2D eigenvalue weighted by molar-refractivity contribution is 0.163. The van der Waals surface area contributed by atoms with Crippen LogP contribution in [0.3, 0.4) is 0 Å². The first kappa shape index (κ1) is 13.0. The first-order valence-corrected chi connectivity index (χ1v) is 8.27. The number of halogens is 1. The van der Waals surface area contributed by atoms with Gasteiger partial charge in [0.05, 0.1) is 11.5 Å². The predicted octanol–water partition coefficient (Wildman–Crippen LogP) is 0.828. The van der Waals surface area contributed by atoms with Crippen molar-refractivity contribution in [1.82, 2.24) is 4.90 Å². The van der Waals surface area contributed by atoms with Crippen molar-refractivity contribution < 1.29 is 12.8 Å². The van der Waals surface area contributed by atoms with Gasteiger partial charge < -0.3 is 5.73 Å². The van der Waals surface area contributed by atoms with E-state index in [1.807, 2.05) is 6.07 Å². The molecule has 2 atom stereocenters. The molecule has 104 valence electrons. The van der Waals surface area contributed by atoms with Crippen LogP contribution in [0.25, 0.3) is 0 Å². The van der Waals surface area contributed by atoms with Gasteiger partial charge in [0.25, 0.3) is 0 Å². The topological polar surface area (TPSA) is 63.4 Å². The number of nitrogens with two attached hydrogens (primary N) is 1. The van der Waals surface area contributed by atoms with Gasteiger partial charge >= 0.3 is 0 Å². The number of fused-ring (bicyclic) bond motifs is 1. The Hall–Kier alpha value is -0.980. The van der Waals surface area contributed by atoms with Crippen LogP contribution in [0.15, 0.2) is 18.2 Å². The minimum Gasteiger partial charge on any atom is -0.329 e. The normalized spacial score (nSPS) is 29.6. The standard InChI is InChI=1S/C13H17FN2O2S/c14-12-3-1-2-10-11(12)7-16(13(10)6-15)9-4-5-19(17,18)8-9/h1-3,9,13H,4-8,15H2. The first-order chi connectivity index (χ1) is 9.02. The van der Waals surface area contributed by atoms with E-state index in [-0.39, 0.29) is 29.4 Å². The van der Waals surface area contributed by atoms with E-state index in [2.05, 4.69) is 4.90 Å². The quantitative estimate of drug-likeness (QED) is 0.873. The van der Waals surface area contributed by atoms with Gasteiger partial charge in [0.15, 0.2) is 9.84 Å². The molecule has 2 unspecified atom stereocenters. The largest absolute Gasteiger partial charge is 0.329 e. The number of hydrogen-bond donors (Lipinski definition) is 1. The van der Waals surface area contributed by atoms with E-state index in [4.69, 9.17) is 5.73 Å². The van der Waals surface area contributed by atoms with Gasteiger partial charge in [0.1, 0.15) is 5.82 Å². The van der Waals surface area contributed by atoms with Crippen molar-refractivity contribution in [2.24, 2.45) is 5.73 Å². The maximum Gasteiger partial charge on any atom is 0.151 e. The fourth-order valence-corrected chi connectivity index (χ4v) is 4.95. The first-order valence-electron chi connectivity index (χ1n) is 6.45. The van der Waals surface area contributed by atoms with Crippen LogP contribution in [0.4, 0.5) is 4.39 Å². The summed E-state index contributed by atoms with van der Waals surface area (Å²) in [5, 5.41) is 0. The Morgan fingerprint density at radius 2 is 2.21 bits per heavy atom. The van der Waals surface area contributed by atoms with E-state index < -0.39 is 9.84 Å². The summed E-state index contributed by atoms with van der Waals surface area (Å²) >= 11 is 0. The summed E-state index contributed by atoms with van der Waals surface area (Å²) < 4.78 is 37.0. The lowest BCUT2D eigenvalue weighted by atomic mass is 10.0. The Bertz CT molecular complexity index is 603. The van der Waals surface area contributed by atoms with Crippen molar-refractivity contribution in [2.75, 3.05) is 18.1 Å². The molecule has 2 heterocycles. The molecule has 4 nitrogen and oxygen atoms in total. The monoisotopic (exact) mass is 284 g/mol. The minimum absolute atomic E-state index is 0.0367. The number of benzene rings is 1. The maximum absolute atomic E-state index is 13.8. The fraction of sp³-hybridized carbons (Fsp3) is 0.538. The fourth-order valence-electron chi connectivity index (χ4n) is 3.21. The van der Waals surface area contributed by atoms with E-state index in [9.17, 15) is 12.8 Å². The predicted molar refractivity (Wildman–Crippen MR) is 70.8 cm³/mol. The summed E-state index contributed by atoms with van der Waals surface area (Å²) in [7, 11) is -2.94. The van der Waals surface area contributed by atoms with Crippen LogP contribution in [0.5, 0.6) is 0 Å². The molecule has 0 aliphatic carbocycles. The second-order valence-electron chi connectivity index (χ2n) is 5.29. The molecular weight excluding hydrogens is 267 g/mol. The van der Waals surface area contributed by atoms with E-state index in [0.717, 1.165) is 5.56 Å². The molecule has 0 radical (unpaired) electrons. The Morgan fingerprint density at radius 1 is 1.42 bits per heavy atom. The number of hydrogen-bond acceptors (Lipinski definition) is 4. The van der Waals surface area contributed by atoms with Crippen LogP contribution in [0.2, 0.25) is 0 Å². The third-order valence-electron chi connectivity index (χ3n) is 4.16. The summed E-state index contributed by atoms with van der Waals surface area (Å²) in [5.41, 5.74) is 7.39. The Kier molecular flexibility index (Phi) is 3.11. The summed E-state index contributed by atoms with van der Waals surface area (Å²) in [6.45, 7) is 0.844. The van der Waals surface area contributed by atoms with Crippen molar-refractivity contribution in [3.05, 3.63) is 35.1 Å². The molecule has 6 heteroatoms.